The average Bonchev–Trinajstić information content (AvgIpc) is 3.13. The summed E-state index contributed by atoms with van der Waals surface area (Å²) in [6.07, 6.45) is 1.79. The minimum atomic E-state index is 0.652. The molecule has 3 N–H and O–H groups in total. The van der Waals surface area contributed by atoms with E-state index in [1.165, 1.54) is 0 Å². The fourth-order valence-corrected chi connectivity index (χ4v) is 2.48. The third-order valence-corrected chi connectivity index (χ3v) is 3.77. The monoisotopic (exact) mass is 313 g/mol. The lowest BCUT2D eigenvalue weighted by Crippen LogP contribution is -1.85. The van der Waals surface area contributed by atoms with Crippen molar-refractivity contribution in [1.29, 1.82) is 0 Å². The van der Waals surface area contributed by atoms with Crippen molar-refractivity contribution in [3.8, 4) is 34.0 Å². The van der Waals surface area contributed by atoms with Gasteiger partial charge in [-0.2, -0.15) is 5.10 Å². The van der Waals surface area contributed by atoms with E-state index in [0.717, 1.165) is 33.9 Å². The van der Waals surface area contributed by atoms with Gasteiger partial charge in [-0.25, -0.2) is 4.98 Å². The first kappa shape index (κ1) is 14.1. The highest BCUT2D eigenvalue weighted by atomic mass is 15.2. The van der Waals surface area contributed by atoms with Crippen molar-refractivity contribution in [3.63, 3.8) is 0 Å². The molecular weight excluding hydrogens is 298 g/mol. The lowest BCUT2D eigenvalue weighted by Gasteiger charge is -2.01. The number of hydrogen-bond donors (Lipinski definition) is 2. The molecular formula is C19H15N5. The smallest absolute Gasteiger partial charge is 0.181 e. The Morgan fingerprint density at radius 2 is 1.46 bits per heavy atom. The van der Waals surface area contributed by atoms with Crippen LogP contribution < -0.4 is 5.73 Å². The van der Waals surface area contributed by atoms with Gasteiger partial charge < -0.3 is 5.73 Å². The van der Waals surface area contributed by atoms with Crippen molar-refractivity contribution in [3.05, 3.63) is 72.9 Å². The van der Waals surface area contributed by atoms with E-state index in [2.05, 4.69) is 20.2 Å². The highest BCUT2D eigenvalue weighted by Gasteiger charge is 2.08. The first-order valence-electron chi connectivity index (χ1n) is 7.60. The molecule has 4 aromatic rings. The number of nitrogens with two attached hydrogens (primary N) is 1. The van der Waals surface area contributed by atoms with Gasteiger partial charge >= 0.3 is 0 Å². The number of benzene rings is 2. The van der Waals surface area contributed by atoms with Gasteiger partial charge in [-0.1, -0.05) is 30.3 Å². The number of aromatic nitrogens is 4. The molecule has 0 aliphatic carbocycles. The van der Waals surface area contributed by atoms with E-state index in [0.29, 0.717) is 5.82 Å². The largest absolute Gasteiger partial charge is 0.399 e. The molecule has 0 radical (unpaired) electrons. The summed E-state index contributed by atoms with van der Waals surface area (Å²) in [5.41, 5.74) is 10.4. The topological polar surface area (TPSA) is 80.5 Å². The molecule has 0 aliphatic rings. The molecule has 0 aliphatic heterocycles. The number of H-pyrrole nitrogens is 1. The molecule has 2 aromatic heterocycles. The van der Waals surface area contributed by atoms with Crippen LogP contribution in [0.4, 0.5) is 5.69 Å². The van der Waals surface area contributed by atoms with Crippen LogP contribution in [-0.2, 0) is 0 Å². The zero-order valence-corrected chi connectivity index (χ0v) is 12.8. The number of aromatic amines is 1. The Kier molecular flexibility index (Phi) is 3.51. The van der Waals surface area contributed by atoms with E-state index in [9.17, 15) is 0 Å². The third kappa shape index (κ3) is 2.75. The zero-order chi connectivity index (χ0) is 16.4. The van der Waals surface area contributed by atoms with Crippen molar-refractivity contribution in [2.45, 2.75) is 0 Å². The van der Waals surface area contributed by atoms with E-state index in [4.69, 9.17) is 5.73 Å². The molecule has 0 fully saturated rings. The summed E-state index contributed by atoms with van der Waals surface area (Å²) in [6.45, 7) is 0. The average molecular weight is 313 g/mol. The Morgan fingerprint density at radius 1 is 0.750 bits per heavy atom. The maximum Gasteiger partial charge on any atom is 0.181 e. The zero-order valence-electron chi connectivity index (χ0n) is 12.8. The van der Waals surface area contributed by atoms with Crippen molar-refractivity contribution in [2.24, 2.45) is 0 Å². The Morgan fingerprint density at radius 3 is 2.17 bits per heavy atom. The summed E-state index contributed by atoms with van der Waals surface area (Å²) < 4.78 is 0. The van der Waals surface area contributed by atoms with Crippen LogP contribution in [0.5, 0.6) is 0 Å². The van der Waals surface area contributed by atoms with Gasteiger partial charge in [-0.15, -0.1) is 0 Å². The van der Waals surface area contributed by atoms with Gasteiger partial charge in [-0.05, 0) is 36.4 Å². The minimum Gasteiger partial charge on any atom is -0.399 e. The van der Waals surface area contributed by atoms with Crippen LogP contribution in [-0.4, -0.2) is 20.2 Å². The fraction of sp³-hybridized carbons (Fsp3) is 0. The van der Waals surface area contributed by atoms with Gasteiger partial charge in [0.2, 0.25) is 0 Å². The van der Waals surface area contributed by atoms with Crippen molar-refractivity contribution in [2.75, 3.05) is 5.73 Å². The highest BCUT2D eigenvalue weighted by Crippen LogP contribution is 2.23. The SMILES string of the molecule is Nc1ccc(-c2n[nH]c(-c3ccc(-c4ccccn4)cc3)n2)cc1. The number of hydrogen-bond acceptors (Lipinski definition) is 4. The molecule has 5 heteroatoms. The van der Waals surface area contributed by atoms with E-state index >= 15 is 0 Å². The van der Waals surface area contributed by atoms with Crippen LogP contribution >= 0.6 is 0 Å². The molecule has 0 amide bonds. The van der Waals surface area contributed by atoms with Crippen molar-refractivity contribution >= 4 is 5.69 Å². The molecule has 5 nitrogen and oxygen atoms in total. The van der Waals surface area contributed by atoms with Crippen LogP contribution in [0.15, 0.2) is 72.9 Å². The van der Waals surface area contributed by atoms with Crippen LogP contribution in [0.2, 0.25) is 0 Å². The summed E-state index contributed by atoms with van der Waals surface area (Å²) in [5.74, 6) is 1.38. The predicted octanol–water partition coefficient (Wildman–Crippen LogP) is 3.78. The highest BCUT2D eigenvalue weighted by molar-refractivity contribution is 5.66. The van der Waals surface area contributed by atoms with Gasteiger partial charge in [0.05, 0.1) is 5.69 Å². The van der Waals surface area contributed by atoms with E-state index in [-0.39, 0.29) is 0 Å². The Labute approximate surface area is 139 Å². The Hall–Kier alpha value is -3.47. The number of nitrogens with zero attached hydrogens (tertiary/aromatic N) is 3. The second-order valence-electron chi connectivity index (χ2n) is 5.42. The lowest BCUT2D eigenvalue weighted by atomic mass is 10.1. The maximum atomic E-state index is 5.71. The van der Waals surface area contributed by atoms with Gasteiger partial charge in [0.1, 0.15) is 0 Å². The second-order valence-corrected chi connectivity index (χ2v) is 5.42. The van der Waals surface area contributed by atoms with Crippen LogP contribution in [0.1, 0.15) is 0 Å². The summed E-state index contributed by atoms with van der Waals surface area (Å²) in [5, 5.41) is 7.27. The molecule has 2 heterocycles. The molecule has 0 unspecified atom stereocenters. The molecule has 24 heavy (non-hydrogen) atoms. The second kappa shape index (κ2) is 5.96. The van der Waals surface area contributed by atoms with Gasteiger partial charge in [-0.3, -0.25) is 10.1 Å². The van der Waals surface area contributed by atoms with Crippen molar-refractivity contribution in [1.82, 2.24) is 20.2 Å². The molecule has 0 saturated heterocycles. The van der Waals surface area contributed by atoms with Crippen LogP contribution in [0, 0.1) is 0 Å². The van der Waals surface area contributed by atoms with Gasteiger partial charge in [0, 0.05) is 28.6 Å². The van der Waals surface area contributed by atoms with E-state index < -0.39 is 0 Å². The number of anilines is 1. The molecule has 116 valence electrons. The number of pyridine rings is 1. The summed E-state index contributed by atoms with van der Waals surface area (Å²) in [4.78, 5) is 8.92. The number of rotatable bonds is 3. The van der Waals surface area contributed by atoms with E-state index in [1.54, 1.807) is 6.20 Å². The van der Waals surface area contributed by atoms with Crippen LogP contribution in [0.3, 0.4) is 0 Å². The summed E-state index contributed by atoms with van der Waals surface area (Å²) >= 11 is 0. The molecule has 4 rings (SSSR count). The summed E-state index contributed by atoms with van der Waals surface area (Å²) in [6, 6.07) is 21.5. The van der Waals surface area contributed by atoms with Crippen molar-refractivity contribution < 1.29 is 0 Å². The summed E-state index contributed by atoms with van der Waals surface area (Å²) in [7, 11) is 0. The first-order chi connectivity index (χ1) is 11.8. The third-order valence-electron chi connectivity index (χ3n) is 3.77. The standard InChI is InChI=1S/C19H15N5/c20-16-10-8-15(9-11-16)19-22-18(23-24-19)14-6-4-13(5-7-14)17-3-1-2-12-21-17/h1-12H,20H2,(H,22,23,24). The van der Waals surface area contributed by atoms with E-state index in [1.807, 2.05) is 66.7 Å². The maximum absolute atomic E-state index is 5.71. The predicted molar refractivity (Wildman–Crippen MR) is 94.9 cm³/mol. The molecule has 0 bridgehead atoms. The number of nitrogen functional groups attached to an aromatic ring is 1. The Balaban J connectivity index is 1.62. The lowest BCUT2D eigenvalue weighted by molar-refractivity contribution is 1.10. The van der Waals surface area contributed by atoms with Gasteiger partial charge in [0.25, 0.3) is 0 Å². The van der Waals surface area contributed by atoms with Gasteiger partial charge in [0.15, 0.2) is 11.6 Å². The first-order valence-corrected chi connectivity index (χ1v) is 7.60. The minimum absolute atomic E-state index is 0.652. The normalized spacial score (nSPS) is 10.7. The molecule has 0 atom stereocenters. The van der Waals surface area contributed by atoms with Crippen LogP contribution in [0.25, 0.3) is 34.0 Å². The fourth-order valence-electron chi connectivity index (χ4n) is 2.48. The molecule has 0 spiro atoms. The molecule has 2 aromatic carbocycles. The Bertz CT molecular complexity index is 941. The molecule has 0 saturated carbocycles. The quantitative estimate of drug-likeness (QED) is 0.564. The number of nitrogens with one attached hydrogen (secondary N) is 1.